The third kappa shape index (κ3) is 4.47. The first-order chi connectivity index (χ1) is 16.3. The van der Waals surface area contributed by atoms with Gasteiger partial charge in [-0.2, -0.15) is 5.16 Å². The lowest BCUT2D eigenvalue weighted by Gasteiger charge is -2.55. The summed E-state index contributed by atoms with van der Waals surface area (Å²) in [5, 5.41) is 25.5. The number of aryl methyl sites for hydroxylation is 1. The van der Waals surface area contributed by atoms with Crippen molar-refractivity contribution in [3.63, 3.8) is 0 Å². The van der Waals surface area contributed by atoms with Gasteiger partial charge in [0.15, 0.2) is 0 Å². The molecular formula is C17H19N7O7S3. The monoisotopic (exact) mass is 529 g/mol. The number of fused-ring (bicyclic) bond motifs is 1. The van der Waals surface area contributed by atoms with E-state index in [-0.39, 0.29) is 28.5 Å². The number of nitrogens with one attached hydrogen (secondary N) is 2. The summed E-state index contributed by atoms with van der Waals surface area (Å²) in [6.45, 7) is 0. The number of aromatic nitrogens is 5. The quantitative estimate of drug-likeness (QED) is 0.198. The van der Waals surface area contributed by atoms with Gasteiger partial charge in [0.1, 0.15) is 16.8 Å². The Morgan fingerprint density at radius 1 is 1.44 bits per heavy atom. The van der Waals surface area contributed by atoms with Crippen molar-refractivity contribution < 1.29 is 28.8 Å². The highest BCUT2D eigenvalue weighted by Crippen LogP contribution is 2.47. The molecule has 0 aromatic carbocycles. The van der Waals surface area contributed by atoms with Crippen LogP contribution in [0.1, 0.15) is 5.76 Å². The Morgan fingerprint density at radius 3 is 2.85 bits per heavy atom. The first-order valence-electron chi connectivity index (χ1n) is 9.64. The molecule has 0 saturated carbocycles. The van der Waals surface area contributed by atoms with Crippen molar-refractivity contribution >= 4 is 53.1 Å². The van der Waals surface area contributed by atoms with Gasteiger partial charge in [0, 0.05) is 31.7 Å². The highest BCUT2D eigenvalue weighted by atomic mass is 32.2. The molecule has 0 spiro atoms. The average molecular weight is 530 g/mol. The molecule has 14 nitrogen and oxygen atoms in total. The zero-order valence-electron chi connectivity index (χ0n) is 17.8. The Balaban J connectivity index is 1.43. The smallest absolute Gasteiger partial charge is 0.352 e. The molecule has 2 amide bonds. The van der Waals surface area contributed by atoms with Crippen LogP contribution >= 0.6 is 35.3 Å². The zero-order chi connectivity index (χ0) is 24.5. The topological polar surface area (TPSA) is 186 Å². The number of aromatic amines is 1. The van der Waals surface area contributed by atoms with Crippen LogP contribution in [-0.2, 0) is 31.9 Å². The van der Waals surface area contributed by atoms with E-state index in [1.54, 1.807) is 7.05 Å². The van der Waals surface area contributed by atoms with Crippen LogP contribution in [0, 0.1) is 0 Å². The number of hydrogen-bond donors (Lipinski definition) is 3. The number of carboxylic acid groups (broad SMARTS) is 1. The van der Waals surface area contributed by atoms with E-state index in [2.05, 4.69) is 26.0 Å². The summed E-state index contributed by atoms with van der Waals surface area (Å²) in [5.74, 6) is -1.16. The maximum absolute atomic E-state index is 13.1. The van der Waals surface area contributed by atoms with E-state index < -0.39 is 28.9 Å². The number of carbonyl (C=O) groups is 3. The number of thioether (sulfide) groups is 3. The first kappa shape index (κ1) is 24.4. The lowest BCUT2D eigenvalue weighted by molar-refractivity contribution is -0.192. The molecule has 34 heavy (non-hydrogen) atoms. The second kappa shape index (κ2) is 9.85. The summed E-state index contributed by atoms with van der Waals surface area (Å²) in [5.41, 5.74) is -1.64. The summed E-state index contributed by atoms with van der Waals surface area (Å²) in [6, 6.07) is 1.28. The lowest BCUT2D eigenvalue weighted by Crippen LogP contribution is -2.80. The van der Waals surface area contributed by atoms with Crippen molar-refractivity contribution in [2.45, 2.75) is 22.0 Å². The largest absolute Gasteiger partial charge is 0.477 e. The van der Waals surface area contributed by atoms with E-state index in [0.29, 0.717) is 22.2 Å². The molecule has 3 N–H and O–H groups in total. The van der Waals surface area contributed by atoms with E-state index >= 15 is 0 Å². The number of H-pyrrole nitrogens is 1. The van der Waals surface area contributed by atoms with Crippen LogP contribution in [-0.4, -0.2) is 88.6 Å². The van der Waals surface area contributed by atoms with Gasteiger partial charge in [-0.05, 0) is 16.0 Å². The van der Waals surface area contributed by atoms with Crippen LogP contribution in [0.2, 0.25) is 0 Å². The molecule has 2 atom stereocenters. The molecular weight excluding hydrogens is 510 g/mol. The number of ether oxygens (including phenoxy) is 1. The Bertz CT molecular complexity index is 1210. The average Bonchev–Trinajstić information content (AvgIpc) is 3.42. The summed E-state index contributed by atoms with van der Waals surface area (Å²) in [6.07, 6.45) is 0. The van der Waals surface area contributed by atoms with E-state index in [1.165, 1.54) is 53.1 Å². The van der Waals surface area contributed by atoms with Crippen LogP contribution < -0.4 is 10.9 Å². The molecule has 2 aliphatic heterocycles. The van der Waals surface area contributed by atoms with Crippen LogP contribution in [0.5, 0.6) is 0 Å². The zero-order valence-corrected chi connectivity index (χ0v) is 20.3. The molecule has 0 radical (unpaired) electrons. The van der Waals surface area contributed by atoms with Crippen molar-refractivity contribution in [3.05, 3.63) is 33.5 Å². The maximum Gasteiger partial charge on any atom is 0.352 e. The van der Waals surface area contributed by atoms with Gasteiger partial charge in [-0.1, -0.05) is 11.8 Å². The molecule has 1 fully saturated rings. The number of β-lactam (4-membered cyclic amide) rings is 1. The molecule has 0 unspecified atom stereocenters. The van der Waals surface area contributed by atoms with Gasteiger partial charge in [0.05, 0.1) is 11.5 Å². The van der Waals surface area contributed by atoms with Gasteiger partial charge in [-0.25, -0.2) is 9.48 Å². The lowest BCUT2D eigenvalue weighted by atomic mass is 9.98. The predicted molar refractivity (Wildman–Crippen MR) is 121 cm³/mol. The highest BCUT2D eigenvalue weighted by molar-refractivity contribution is 8.01. The van der Waals surface area contributed by atoms with Gasteiger partial charge in [-0.3, -0.25) is 19.3 Å². The number of carbonyl (C=O) groups excluding carboxylic acids is 2. The fraction of sp³-hybridized carbons (Fsp3) is 0.471. The minimum Gasteiger partial charge on any atom is -0.477 e. The standard InChI is InChI=1S/C17H19N7O7S3/c1-23-16(19-21-22-23)34-5-8-4-33-15-17(30-2,14(29)24(15)12(8)13(27)28)18-11(26)7-32-6-9-3-10(25)20-31-9/h3,15H,4-7H2,1-2H3,(H,18,26)(H,20,25)(H,27,28)/t15-,17+/m1/s1. The van der Waals surface area contributed by atoms with E-state index in [9.17, 15) is 24.3 Å². The SMILES string of the molecule is CO[C@@]1(NC(=O)CSCc2cc(=O)[nH]o2)C(=O)N2C(C(=O)O)=C(CSc3nnnn3C)CS[C@@H]21. The Morgan fingerprint density at radius 2 is 2.24 bits per heavy atom. The number of rotatable bonds is 10. The molecule has 2 aliphatic rings. The van der Waals surface area contributed by atoms with Gasteiger partial charge in [-0.15, -0.1) is 28.6 Å². The van der Waals surface area contributed by atoms with Crippen LogP contribution in [0.25, 0.3) is 0 Å². The summed E-state index contributed by atoms with van der Waals surface area (Å²) >= 11 is 3.73. The number of tetrazole rings is 1. The fourth-order valence-electron chi connectivity index (χ4n) is 3.43. The normalized spacial score (nSPS) is 21.9. The van der Waals surface area contributed by atoms with Crippen LogP contribution in [0.3, 0.4) is 0 Å². The third-order valence-electron chi connectivity index (χ3n) is 4.97. The third-order valence-corrected chi connectivity index (χ3v) is 8.39. The molecule has 0 bridgehead atoms. The van der Waals surface area contributed by atoms with Gasteiger partial charge in [0.25, 0.3) is 17.2 Å². The second-order valence-electron chi connectivity index (χ2n) is 7.13. The highest BCUT2D eigenvalue weighted by Gasteiger charge is 2.66. The summed E-state index contributed by atoms with van der Waals surface area (Å²) in [4.78, 5) is 49.9. The van der Waals surface area contributed by atoms with Crippen molar-refractivity contribution in [1.82, 2.24) is 35.6 Å². The molecule has 4 heterocycles. The first-order valence-corrected chi connectivity index (χ1v) is 12.8. The molecule has 0 aliphatic carbocycles. The molecule has 4 rings (SSSR count). The minimum absolute atomic E-state index is 0.0279. The Labute approximate surface area is 204 Å². The van der Waals surface area contributed by atoms with Crippen molar-refractivity contribution in [2.75, 3.05) is 24.4 Å². The Hall–Kier alpha value is -2.76. The minimum atomic E-state index is -1.67. The maximum atomic E-state index is 13.1. The number of nitrogens with zero attached hydrogens (tertiary/aromatic N) is 5. The second-order valence-corrected chi connectivity index (χ2v) is 10.1. The molecule has 182 valence electrons. The molecule has 1 saturated heterocycles. The van der Waals surface area contributed by atoms with Crippen molar-refractivity contribution in [2.24, 2.45) is 7.05 Å². The summed E-state index contributed by atoms with van der Waals surface area (Å²) < 4.78 is 11.8. The number of methoxy groups -OCH3 is 1. The molecule has 2 aromatic rings. The molecule has 17 heteroatoms. The van der Waals surface area contributed by atoms with E-state index in [4.69, 9.17) is 9.26 Å². The van der Waals surface area contributed by atoms with Gasteiger partial charge >= 0.3 is 5.97 Å². The number of hydrogen-bond acceptors (Lipinski definition) is 12. The Kier molecular flexibility index (Phi) is 7.06. The van der Waals surface area contributed by atoms with Crippen LogP contribution in [0.15, 0.2) is 31.8 Å². The van der Waals surface area contributed by atoms with E-state index in [0.717, 1.165) is 4.90 Å². The van der Waals surface area contributed by atoms with Crippen molar-refractivity contribution in [3.8, 4) is 0 Å². The van der Waals surface area contributed by atoms with Gasteiger partial charge < -0.3 is 19.7 Å². The fourth-order valence-corrected chi connectivity index (χ4v) is 6.56. The molecule has 2 aromatic heterocycles. The number of aliphatic carboxylic acids is 1. The number of amides is 2. The van der Waals surface area contributed by atoms with Crippen molar-refractivity contribution in [1.29, 1.82) is 0 Å². The van der Waals surface area contributed by atoms with Gasteiger partial charge in [0.2, 0.25) is 11.1 Å². The van der Waals surface area contributed by atoms with E-state index in [1.807, 2.05) is 0 Å². The summed E-state index contributed by atoms with van der Waals surface area (Å²) in [7, 11) is 2.95. The predicted octanol–water partition coefficient (Wildman–Crippen LogP) is -0.770. The van der Waals surface area contributed by atoms with Crippen LogP contribution in [0.4, 0.5) is 0 Å². The number of carboxylic acids is 1.